The minimum atomic E-state index is -0.459. The molecule has 1 saturated carbocycles. The quantitative estimate of drug-likeness (QED) is 0.748. The van der Waals surface area contributed by atoms with E-state index >= 15 is 0 Å². The van der Waals surface area contributed by atoms with E-state index in [9.17, 15) is 0 Å². The number of hydrogen-bond acceptors (Lipinski definition) is 5. The lowest BCUT2D eigenvalue weighted by Crippen LogP contribution is -2.17. The van der Waals surface area contributed by atoms with Crippen LogP contribution in [0.3, 0.4) is 0 Å². The number of hydrogen-bond donors (Lipinski definition) is 2. The van der Waals surface area contributed by atoms with Gasteiger partial charge in [-0.15, -0.1) is 0 Å². The number of aliphatic hydroxyl groups is 1. The summed E-state index contributed by atoms with van der Waals surface area (Å²) in [7, 11) is 1.56. The van der Waals surface area contributed by atoms with Crippen molar-refractivity contribution >= 4 is 0 Å². The fourth-order valence-corrected chi connectivity index (χ4v) is 1.37. The highest BCUT2D eigenvalue weighted by atomic mass is 16.5. The zero-order valence-corrected chi connectivity index (χ0v) is 8.68. The lowest BCUT2D eigenvalue weighted by Gasteiger charge is -2.10. The fourth-order valence-electron chi connectivity index (χ4n) is 1.37. The Bertz CT molecular complexity index is 353. The molecule has 5 heteroatoms. The molecule has 1 unspecified atom stereocenters. The van der Waals surface area contributed by atoms with Crippen LogP contribution in [0.5, 0.6) is 5.88 Å². The Morgan fingerprint density at radius 1 is 1.60 bits per heavy atom. The Hall–Kier alpha value is -1.20. The van der Waals surface area contributed by atoms with Crippen LogP contribution in [-0.2, 0) is 0 Å². The van der Waals surface area contributed by atoms with E-state index in [1.165, 1.54) is 0 Å². The minimum Gasteiger partial charge on any atom is -0.481 e. The van der Waals surface area contributed by atoms with Gasteiger partial charge < -0.3 is 15.6 Å². The highest BCUT2D eigenvalue weighted by Gasteiger charge is 2.28. The van der Waals surface area contributed by atoms with E-state index in [0.717, 1.165) is 18.7 Å². The summed E-state index contributed by atoms with van der Waals surface area (Å²) in [6.07, 6.45) is 2.25. The average Bonchev–Trinajstić information content (AvgIpc) is 3.11. The van der Waals surface area contributed by atoms with Crippen molar-refractivity contribution in [2.24, 2.45) is 5.73 Å². The molecule has 1 aromatic rings. The summed E-state index contributed by atoms with van der Waals surface area (Å²) in [6.45, 7) is -0.121. The Labute approximate surface area is 88.3 Å². The second kappa shape index (κ2) is 4.12. The molecule has 1 aliphatic rings. The van der Waals surface area contributed by atoms with Crippen molar-refractivity contribution in [1.29, 1.82) is 0 Å². The van der Waals surface area contributed by atoms with Crippen LogP contribution in [0.1, 0.15) is 36.3 Å². The summed E-state index contributed by atoms with van der Waals surface area (Å²) < 4.78 is 5.08. The predicted octanol–water partition coefficient (Wildman–Crippen LogP) is 0.355. The van der Waals surface area contributed by atoms with E-state index in [1.807, 2.05) is 0 Å². The molecule has 1 atom stereocenters. The molecule has 0 aliphatic heterocycles. The van der Waals surface area contributed by atoms with Gasteiger partial charge in [0.05, 0.1) is 25.5 Å². The maximum atomic E-state index is 8.97. The van der Waals surface area contributed by atoms with Gasteiger partial charge in [0, 0.05) is 12.0 Å². The fraction of sp³-hybridized carbons (Fsp3) is 0.600. The Kier molecular flexibility index (Phi) is 2.83. The first-order valence-corrected chi connectivity index (χ1v) is 5.04. The first kappa shape index (κ1) is 10.3. The highest BCUT2D eigenvalue weighted by Crippen LogP contribution is 2.38. The standard InChI is InChI=1S/C10H15N3O2/c1-15-9-4-8(7(11)5-14)12-10(13-9)6-2-3-6/h4,6-7,14H,2-3,5,11H2,1H3. The lowest BCUT2D eigenvalue weighted by atomic mass is 10.2. The predicted molar refractivity (Wildman–Crippen MR) is 54.6 cm³/mol. The second-order valence-electron chi connectivity index (χ2n) is 3.76. The normalized spacial score (nSPS) is 17.5. The van der Waals surface area contributed by atoms with E-state index in [0.29, 0.717) is 17.5 Å². The number of ether oxygens (including phenoxy) is 1. The van der Waals surface area contributed by atoms with Crippen molar-refractivity contribution in [3.63, 3.8) is 0 Å². The number of nitrogens with two attached hydrogens (primary N) is 1. The molecule has 15 heavy (non-hydrogen) atoms. The summed E-state index contributed by atoms with van der Waals surface area (Å²) in [4.78, 5) is 8.60. The van der Waals surface area contributed by atoms with Crippen LogP contribution in [-0.4, -0.2) is 28.8 Å². The molecule has 1 aromatic heterocycles. The molecule has 3 N–H and O–H groups in total. The number of aromatic nitrogens is 2. The number of methoxy groups -OCH3 is 1. The van der Waals surface area contributed by atoms with Crippen molar-refractivity contribution in [1.82, 2.24) is 9.97 Å². The van der Waals surface area contributed by atoms with Crippen LogP contribution in [0.4, 0.5) is 0 Å². The van der Waals surface area contributed by atoms with Crippen LogP contribution in [0.25, 0.3) is 0 Å². The van der Waals surface area contributed by atoms with E-state index in [1.54, 1.807) is 13.2 Å². The summed E-state index contributed by atoms with van der Waals surface area (Å²) in [5.41, 5.74) is 6.36. The molecule has 1 heterocycles. The van der Waals surface area contributed by atoms with Gasteiger partial charge >= 0.3 is 0 Å². The molecule has 1 aliphatic carbocycles. The van der Waals surface area contributed by atoms with Gasteiger partial charge in [-0.2, -0.15) is 4.98 Å². The average molecular weight is 209 g/mol. The maximum absolute atomic E-state index is 8.97. The Morgan fingerprint density at radius 2 is 2.33 bits per heavy atom. The molecule has 1 fully saturated rings. The molecule has 0 spiro atoms. The van der Waals surface area contributed by atoms with Crippen LogP contribution in [0.2, 0.25) is 0 Å². The van der Waals surface area contributed by atoms with Crippen molar-refractivity contribution in [2.75, 3.05) is 13.7 Å². The first-order chi connectivity index (χ1) is 7.24. The van der Waals surface area contributed by atoms with Crippen LogP contribution in [0, 0.1) is 0 Å². The summed E-state index contributed by atoms with van der Waals surface area (Å²) >= 11 is 0. The van der Waals surface area contributed by atoms with Crippen molar-refractivity contribution in [3.8, 4) is 5.88 Å². The highest BCUT2D eigenvalue weighted by molar-refractivity contribution is 5.21. The lowest BCUT2D eigenvalue weighted by molar-refractivity contribution is 0.265. The van der Waals surface area contributed by atoms with Gasteiger partial charge in [-0.25, -0.2) is 4.98 Å². The van der Waals surface area contributed by atoms with Gasteiger partial charge in [-0.1, -0.05) is 0 Å². The first-order valence-electron chi connectivity index (χ1n) is 5.04. The van der Waals surface area contributed by atoms with Gasteiger partial charge in [-0.3, -0.25) is 0 Å². The van der Waals surface area contributed by atoms with Crippen molar-refractivity contribution < 1.29 is 9.84 Å². The third kappa shape index (κ3) is 2.24. The number of nitrogens with zero attached hydrogens (tertiary/aromatic N) is 2. The van der Waals surface area contributed by atoms with Gasteiger partial charge in [0.15, 0.2) is 0 Å². The van der Waals surface area contributed by atoms with Crippen LogP contribution in [0.15, 0.2) is 6.07 Å². The van der Waals surface area contributed by atoms with E-state index in [2.05, 4.69) is 9.97 Å². The molecule has 0 saturated heterocycles. The largest absolute Gasteiger partial charge is 0.481 e. The van der Waals surface area contributed by atoms with Crippen LogP contribution >= 0.6 is 0 Å². The van der Waals surface area contributed by atoms with Crippen molar-refractivity contribution in [3.05, 3.63) is 17.6 Å². The van der Waals surface area contributed by atoms with Gasteiger partial charge in [0.25, 0.3) is 0 Å². The SMILES string of the molecule is COc1cc(C(N)CO)nc(C2CC2)n1. The second-order valence-corrected chi connectivity index (χ2v) is 3.76. The van der Waals surface area contributed by atoms with Gasteiger partial charge in [0.2, 0.25) is 5.88 Å². The molecule has 0 bridgehead atoms. The zero-order valence-electron chi connectivity index (χ0n) is 8.68. The molecule has 82 valence electrons. The Morgan fingerprint density at radius 3 is 2.87 bits per heavy atom. The zero-order chi connectivity index (χ0) is 10.8. The van der Waals surface area contributed by atoms with E-state index in [-0.39, 0.29) is 6.61 Å². The topological polar surface area (TPSA) is 81.3 Å². The van der Waals surface area contributed by atoms with E-state index in [4.69, 9.17) is 15.6 Å². The molecule has 0 radical (unpaired) electrons. The summed E-state index contributed by atoms with van der Waals surface area (Å²) in [6, 6.07) is 1.21. The third-order valence-corrected chi connectivity index (χ3v) is 2.47. The van der Waals surface area contributed by atoms with Gasteiger partial charge in [0.1, 0.15) is 5.82 Å². The minimum absolute atomic E-state index is 0.121. The number of aliphatic hydroxyl groups excluding tert-OH is 1. The summed E-state index contributed by atoms with van der Waals surface area (Å²) in [5, 5.41) is 8.97. The van der Waals surface area contributed by atoms with Crippen molar-refractivity contribution in [2.45, 2.75) is 24.8 Å². The molecular formula is C10H15N3O2. The molecule has 5 nitrogen and oxygen atoms in total. The maximum Gasteiger partial charge on any atom is 0.216 e. The monoisotopic (exact) mass is 209 g/mol. The van der Waals surface area contributed by atoms with E-state index < -0.39 is 6.04 Å². The number of rotatable bonds is 4. The molecule has 0 amide bonds. The molecule has 0 aromatic carbocycles. The smallest absolute Gasteiger partial charge is 0.216 e. The van der Waals surface area contributed by atoms with Crippen LogP contribution < -0.4 is 10.5 Å². The van der Waals surface area contributed by atoms with Gasteiger partial charge in [-0.05, 0) is 12.8 Å². The molecule has 2 rings (SSSR count). The molecular weight excluding hydrogens is 194 g/mol. The summed E-state index contributed by atoms with van der Waals surface area (Å²) in [5.74, 6) is 1.75. The third-order valence-electron chi connectivity index (χ3n) is 2.47. The Balaban J connectivity index is 2.32.